The number of primary amides is 1. The van der Waals surface area contributed by atoms with Gasteiger partial charge in [0, 0.05) is 28.1 Å². The molecule has 7 nitrogen and oxygen atoms in total. The van der Waals surface area contributed by atoms with Crippen molar-refractivity contribution in [1.29, 1.82) is 5.26 Å². The number of rotatable bonds is 6. The van der Waals surface area contributed by atoms with Gasteiger partial charge in [0.15, 0.2) is 0 Å². The van der Waals surface area contributed by atoms with Crippen molar-refractivity contribution in [2.75, 3.05) is 0 Å². The molecular weight excluding hydrogens is 410 g/mol. The molecule has 4 aromatic rings. The minimum absolute atomic E-state index is 0.327. The highest BCUT2D eigenvalue weighted by Gasteiger charge is 2.34. The molecule has 1 amide bonds. The second kappa shape index (κ2) is 8.42. The quantitative estimate of drug-likeness (QED) is 0.489. The standard InChI is InChI=1S/C23H19N5O2S/c1-14-19(20(17(12-24)21(25)29)16-10-6-3-7-11-16)22(30)28(27-14)23-26-18(13-31-23)15-8-4-2-5-9-15/h2-11,13,17,20,27H,1H3,(H2,25,29)/t17-,20-/m1/s1. The van der Waals surface area contributed by atoms with Crippen LogP contribution in [0.2, 0.25) is 0 Å². The molecule has 2 aromatic heterocycles. The first-order chi connectivity index (χ1) is 15.0. The Morgan fingerprint density at radius 1 is 1.16 bits per heavy atom. The molecule has 2 atom stereocenters. The Labute approximate surface area is 182 Å². The van der Waals surface area contributed by atoms with Gasteiger partial charge in [-0.3, -0.25) is 14.7 Å². The molecule has 0 aliphatic heterocycles. The van der Waals surface area contributed by atoms with Crippen LogP contribution in [0.1, 0.15) is 22.7 Å². The van der Waals surface area contributed by atoms with Crippen molar-refractivity contribution in [3.05, 3.63) is 93.2 Å². The number of aromatic amines is 1. The van der Waals surface area contributed by atoms with Crippen LogP contribution in [0.3, 0.4) is 0 Å². The first-order valence-corrected chi connectivity index (χ1v) is 10.5. The second-order valence-electron chi connectivity index (χ2n) is 7.07. The smallest absolute Gasteiger partial charge is 0.277 e. The Hall–Kier alpha value is -3.96. The predicted molar refractivity (Wildman–Crippen MR) is 119 cm³/mol. The Morgan fingerprint density at radius 3 is 2.42 bits per heavy atom. The lowest BCUT2D eigenvalue weighted by molar-refractivity contribution is -0.120. The number of benzene rings is 2. The summed E-state index contributed by atoms with van der Waals surface area (Å²) in [7, 11) is 0. The van der Waals surface area contributed by atoms with Crippen LogP contribution >= 0.6 is 11.3 Å². The molecule has 0 unspecified atom stereocenters. The normalized spacial score (nSPS) is 12.8. The topological polar surface area (TPSA) is 118 Å². The molecule has 154 valence electrons. The number of carbonyl (C=O) groups excluding carboxylic acids is 1. The molecule has 0 saturated carbocycles. The summed E-state index contributed by atoms with van der Waals surface area (Å²) in [5.74, 6) is -2.75. The van der Waals surface area contributed by atoms with Gasteiger partial charge < -0.3 is 5.73 Å². The fourth-order valence-corrected chi connectivity index (χ4v) is 4.45. The minimum Gasteiger partial charge on any atom is -0.369 e. The molecule has 0 radical (unpaired) electrons. The van der Waals surface area contributed by atoms with E-state index in [0.29, 0.717) is 22.0 Å². The highest BCUT2D eigenvalue weighted by molar-refractivity contribution is 7.12. The van der Waals surface area contributed by atoms with Crippen molar-refractivity contribution in [1.82, 2.24) is 14.8 Å². The summed E-state index contributed by atoms with van der Waals surface area (Å²) < 4.78 is 1.35. The van der Waals surface area contributed by atoms with Crippen LogP contribution in [0.15, 0.2) is 70.8 Å². The molecular formula is C23H19N5O2S. The van der Waals surface area contributed by atoms with E-state index in [4.69, 9.17) is 5.73 Å². The Morgan fingerprint density at radius 2 is 1.81 bits per heavy atom. The number of aryl methyl sites for hydroxylation is 1. The van der Waals surface area contributed by atoms with Gasteiger partial charge >= 0.3 is 0 Å². The number of amides is 1. The van der Waals surface area contributed by atoms with E-state index in [-0.39, 0.29) is 5.56 Å². The molecule has 2 heterocycles. The molecule has 0 fully saturated rings. The van der Waals surface area contributed by atoms with Crippen LogP contribution < -0.4 is 11.3 Å². The van der Waals surface area contributed by atoms with Gasteiger partial charge in [0.2, 0.25) is 11.0 Å². The number of nitriles is 1. The summed E-state index contributed by atoms with van der Waals surface area (Å²) in [5, 5.41) is 15.0. The lowest BCUT2D eigenvalue weighted by Crippen LogP contribution is -2.31. The average molecular weight is 430 g/mol. The van der Waals surface area contributed by atoms with Crippen LogP contribution in [-0.2, 0) is 4.79 Å². The summed E-state index contributed by atoms with van der Waals surface area (Å²) >= 11 is 1.33. The van der Waals surface area contributed by atoms with Crippen LogP contribution in [0.4, 0.5) is 0 Å². The summed E-state index contributed by atoms with van der Waals surface area (Å²) in [6.07, 6.45) is 0. The van der Waals surface area contributed by atoms with E-state index in [2.05, 4.69) is 10.1 Å². The summed E-state index contributed by atoms with van der Waals surface area (Å²) in [5.41, 5.74) is 8.41. The number of hydrogen-bond donors (Lipinski definition) is 2. The number of H-pyrrole nitrogens is 1. The third-order valence-electron chi connectivity index (χ3n) is 5.12. The maximum atomic E-state index is 13.4. The molecule has 0 bridgehead atoms. The molecule has 3 N–H and O–H groups in total. The fraction of sp³-hybridized carbons (Fsp3) is 0.130. The van der Waals surface area contributed by atoms with Crippen molar-refractivity contribution >= 4 is 17.2 Å². The van der Waals surface area contributed by atoms with Crippen LogP contribution in [0.5, 0.6) is 0 Å². The predicted octanol–water partition coefficient (Wildman–Crippen LogP) is 3.35. The van der Waals surface area contributed by atoms with E-state index >= 15 is 0 Å². The average Bonchev–Trinajstić information content (AvgIpc) is 3.38. The van der Waals surface area contributed by atoms with E-state index in [1.54, 1.807) is 31.2 Å². The van der Waals surface area contributed by atoms with E-state index in [1.807, 2.05) is 47.8 Å². The maximum absolute atomic E-state index is 13.4. The van der Waals surface area contributed by atoms with Gasteiger partial charge in [-0.15, -0.1) is 11.3 Å². The molecule has 0 aliphatic carbocycles. The first kappa shape index (κ1) is 20.3. The number of thiazole rings is 1. The second-order valence-corrected chi connectivity index (χ2v) is 7.91. The zero-order chi connectivity index (χ0) is 22.0. The van der Waals surface area contributed by atoms with E-state index in [9.17, 15) is 14.9 Å². The largest absolute Gasteiger partial charge is 0.369 e. The Balaban J connectivity index is 1.83. The number of hydrogen-bond acceptors (Lipinski definition) is 5. The van der Waals surface area contributed by atoms with Crippen molar-refractivity contribution in [2.24, 2.45) is 11.7 Å². The SMILES string of the molecule is Cc1[nH]n(-c2nc(-c3ccccc3)cs2)c(=O)c1[C@H](c1ccccc1)[C@@H](C#N)C(N)=O. The van der Waals surface area contributed by atoms with Gasteiger partial charge in [-0.1, -0.05) is 60.7 Å². The highest BCUT2D eigenvalue weighted by Crippen LogP contribution is 2.32. The fourth-order valence-electron chi connectivity index (χ4n) is 3.66. The van der Waals surface area contributed by atoms with E-state index in [1.165, 1.54) is 16.0 Å². The van der Waals surface area contributed by atoms with Crippen molar-refractivity contribution < 1.29 is 4.79 Å². The van der Waals surface area contributed by atoms with Gasteiger partial charge in [0.05, 0.1) is 11.8 Å². The molecule has 4 rings (SSSR count). The van der Waals surface area contributed by atoms with Crippen molar-refractivity contribution in [3.8, 4) is 22.5 Å². The van der Waals surface area contributed by atoms with Crippen LogP contribution in [0, 0.1) is 24.2 Å². The molecule has 0 saturated heterocycles. The van der Waals surface area contributed by atoms with Crippen molar-refractivity contribution in [3.63, 3.8) is 0 Å². The van der Waals surface area contributed by atoms with Gasteiger partial charge in [0.1, 0.15) is 5.92 Å². The van der Waals surface area contributed by atoms with Crippen molar-refractivity contribution in [2.45, 2.75) is 12.8 Å². The minimum atomic E-state index is -1.19. The number of nitrogens with one attached hydrogen (secondary N) is 1. The van der Waals surface area contributed by atoms with Crippen LogP contribution in [0.25, 0.3) is 16.4 Å². The molecule has 0 spiro atoms. The summed E-state index contributed by atoms with van der Waals surface area (Å²) in [6, 6.07) is 20.6. The number of carbonyl (C=O) groups is 1. The Kier molecular flexibility index (Phi) is 5.52. The zero-order valence-corrected chi connectivity index (χ0v) is 17.5. The molecule has 31 heavy (non-hydrogen) atoms. The lowest BCUT2D eigenvalue weighted by Gasteiger charge is -2.19. The summed E-state index contributed by atoms with van der Waals surface area (Å²) in [6.45, 7) is 1.74. The first-order valence-electron chi connectivity index (χ1n) is 9.58. The van der Waals surface area contributed by atoms with Gasteiger partial charge in [0.25, 0.3) is 5.56 Å². The van der Waals surface area contributed by atoms with E-state index in [0.717, 1.165) is 11.3 Å². The maximum Gasteiger partial charge on any atom is 0.277 e. The third-order valence-corrected chi connectivity index (χ3v) is 5.94. The third kappa shape index (κ3) is 3.79. The van der Waals surface area contributed by atoms with Gasteiger partial charge in [-0.25, -0.2) is 4.98 Å². The monoisotopic (exact) mass is 429 g/mol. The zero-order valence-electron chi connectivity index (χ0n) is 16.6. The lowest BCUT2D eigenvalue weighted by atomic mass is 9.81. The van der Waals surface area contributed by atoms with Gasteiger partial charge in [-0.05, 0) is 12.5 Å². The Bertz CT molecular complexity index is 1320. The highest BCUT2D eigenvalue weighted by atomic mass is 32.1. The number of nitrogens with zero attached hydrogens (tertiary/aromatic N) is 3. The number of nitrogens with two attached hydrogens (primary N) is 1. The molecule has 8 heteroatoms. The summed E-state index contributed by atoms with van der Waals surface area (Å²) in [4.78, 5) is 30.1. The van der Waals surface area contributed by atoms with Crippen LogP contribution in [-0.4, -0.2) is 20.7 Å². The van der Waals surface area contributed by atoms with Gasteiger partial charge in [-0.2, -0.15) is 9.94 Å². The molecule has 2 aromatic carbocycles. The number of aromatic nitrogens is 3. The molecule has 0 aliphatic rings. The van der Waals surface area contributed by atoms with E-state index < -0.39 is 17.7 Å².